The number of nitrogens with one attached hydrogen (secondary N) is 1. The fourth-order valence-corrected chi connectivity index (χ4v) is 2.79. The summed E-state index contributed by atoms with van der Waals surface area (Å²) >= 11 is 0. The van der Waals surface area contributed by atoms with E-state index in [1.54, 1.807) is 24.4 Å². The highest BCUT2D eigenvalue weighted by Crippen LogP contribution is 2.30. The minimum Gasteiger partial charge on any atom is -0.496 e. The monoisotopic (exact) mass is 345 g/mol. The van der Waals surface area contributed by atoms with Gasteiger partial charge in [0.25, 0.3) is 5.91 Å². The van der Waals surface area contributed by atoms with E-state index in [0.29, 0.717) is 35.6 Å². The third kappa shape index (κ3) is 3.42. The van der Waals surface area contributed by atoms with Crippen LogP contribution in [-0.2, 0) is 4.74 Å². The lowest BCUT2D eigenvalue weighted by atomic mass is 10.1. The number of nitrogens with two attached hydrogens (primary N) is 1. The van der Waals surface area contributed by atoms with Crippen LogP contribution in [0.5, 0.6) is 11.6 Å². The molecule has 0 radical (unpaired) electrons. The van der Waals surface area contributed by atoms with Crippen molar-refractivity contribution in [3.63, 3.8) is 0 Å². The minimum atomic E-state index is -0.566. The van der Waals surface area contributed by atoms with Gasteiger partial charge in [-0.25, -0.2) is 9.78 Å². The third-order valence-electron chi connectivity index (χ3n) is 4.14. The van der Waals surface area contributed by atoms with Crippen LogP contribution in [0.3, 0.4) is 0 Å². The zero-order valence-corrected chi connectivity index (χ0v) is 13.9. The maximum atomic E-state index is 11.5. The van der Waals surface area contributed by atoms with Crippen molar-refractivity contribution in [2.24, 2.45) is 5.73 Å². The predicted molar refractivity (Wildman–Crippen MR) is 89.8 cm³/mol. The number of pyridine rings is 1. The second-order valence-electron chi connectivity index (χ2n) is 5.75. The quantitative estimate of drug-likeness (QED) is 0.822. The number of hydrogen-bond acceptors (Lipinski definition) is 6. The van der Waals surface area contributed by atoms with Crippen LogP contribution in [0.25, 0.3) is 10.8 Å². The lowest BCUT2D eigenvalue weighted by Gasteiger charge is -2.14. The van der Waals surface area contributed by atoms with Crippen LogP contribution >= 0.6 is 0 Å². The number of ether oxygens (including phenoxy) is 3. The molecule has 132 valence electrons. The molecule has 1 aromatic carbocycles. The van der Waals surface area contributed by atoms with Gasteiger partial charge in [0, 0.05) is 18.0 Å². The van der Waals surface area contributed by atoms with Gasteiger partial charge in [-0.2, -0.15) is 0 Å². The molecule has 0 spiro atoms. The largest absolute Gasteiger partial charge is 0.496 e. The van der Waals surface area contributed by atoms with Crippen LogP contribution < -0.4 is 20.5 Å². The summed E-state index contributed by atoms with van der Waals surface area (Å²) < 4.78 is 16.0. The number of nitrogens with zero attached hydrogens (tertiary/aromatic N) is 1. The summed E-state index contributed by atoms with van der Waals surface area (Å²) in [6.45, 7) is 2.18. The van der Waals surface area contributed by atoms with Crippen molar-refractivity contribution in [3.8, 4) is 11.6 Å². The summed E-state index contributed by atoms with van der Waals surface area (Å²) in [6, 6.07) is 5.00. The lowest BCUT2D eigenvalue weighted by Crippen LogP contribution is -2.31. The van der Waals surface area contributed by atoms with Crippen LogP contribution in [0.4, 0.5) is 4.79 Å². The smallest absolute Gasteiger partial charge is 0.407 e. The van der Waals surface area contributed by atoms with Gasteiger partial charge in [0.05, 0.1) is 25.3 Å². The Balaban J connectivity index is 1.79. The molecule has 0 saturated carbocycles. The van der Waals surface area contributed by atoms with Gasteiger partial charge in [-0.1, -0.05) is 0 Å². The number of cyclic esters (lactones) is 1. The molecule has 3 N–H and O–H groups in total. The Bertz CT molecular complexity index is 823. The van der Waals surface area contributed by atoms with Crippen molar-refractivity contribution in [2.45, 2.75) is 25.5 Å². The SMILES string of the molecule is COc1cc2c(OCC[C@H]3NC(=O)O[C@H]3C)nccc2cc1C(N)=O. The average molecular weight is 345 g/mol. The van der Waals surface area contributed by atoms with Crippen LogP contribution in [0.15, 0.2) is 24.4 Å². The van der Waals surface area contributed by atoms with Gasteiger partial charge in [-0.15, -0.1) is 0 Å². The Labute approximate surface area is 144 Å². The van der Waals surface area contributed by atoms with Gasteiger partial charge in [0.1, 0.15) is 11.9 Å². The number of carbonyl (C=O) groups is 2. The summed E-state index contributed by atoms with van der Waals surface area (Å²) in [5.74, 6) is 0.219. The van der Waals surface area contributed by atoms with Crippen molar-refractivity contribution in [1.29, 1.82) is 0 Å². The van der Waals surface area contributed by atoms with E-state index in [9.17, 15) is 9.59 Å². The van der Waals surface area contributed by atoms with E-state index < -0.39 is 12.0 Å². The van der Waals surface area contributed by atoms with Gasteiger partial charge in [-0.3, -0.25) is 4.79 Å². The first kappa shape index (κ1) is 16.8. The van der Waals surface area contributed by atoms with Gasteiger partial charge < -0.3 is 25.3 Å². The maximum absolute atomic E-state index is 11.5. The molecular weight excluding hydrogens is 326 g/mol. The van der Waals surface area contributed by atoms with Crippen molar-refractivity contribution in [1.82, 2.24) is 10.3 Å². The highest BCUT2D eigenvalue weighted by atomic mass is 16.6. The topological polar surface area (TPSA) is 113 Å². The summed E-state index contributed by atoms with van der Waals surface area (Å²) in [7, 11) is 1.47. The highest BCUT2D eigenvalue weighted by Gasteiger charge is 2.30. The molecule has 1 aliphatic rings. The number of amides is 2. The number of aromatic nitrogens is 1. The molecular formula is C17H19N3O5. The predicted octanol–water partition coefficient (Wildman–Crippen LogP) is 1.61. The summed E-state index contributed by atoms with van der Waals surface area (Å²) in [5, 5.41) is 4.21. The third-order valence-corrected chi connectivity index (χ3v) is 4.14. The van der Waals surface area contributed by atoms with E-state index >= 15 is 0 Å². The standard InChI is InChI=1S/C17H19N3O5/c1-9-13(20-17(22)25-9)4-6-24-16-11-8-14(23-2)12(15(18)21)7-10(11)3-5-19-16/h3,5,7-9,13H,4,6H2,1-2H3,(H2,18,21)(H,20,22)/t9-,13+/m0/s1. The van der Waals surface area contributed by atoms with Crippen molar-refractivity contribution in [3.05, 3.63) is 30.0 Å². The Morgan fingerprint density at radius 1 is 1.44 bits per heavy atom. The Morgan fingerprint density at radius 3 is 2.88 bits per heavy atom. The molecule has 2 atom stereocenters. The molecule has 0 unspecified atom stereocenters. The van der Waals surface area contributed by atoms with Crippen molar-refractivity contribution in [2.75, 3.05) is 13.7 Å². The molecule has 1 aromatic heterocycles. The maximum Gasteiger partial charge on any atom is 0.407 e. The molecule has 0 aliphatic carbocycles. The lowest BCUT2D eigenvalue weighted by molar-refractivity contribution is 0.0997. The number of fused-ring (bicyclic) bond motifs is 1. The van der Waals surface area contributed by atoms with E-state index in [1.807, 2.05) is 6.92 Å². The van der Waals surface area contributed by atoms with Crippen molar-refractivity contribution >= 4 is 22.8 Å². The molecule has 1 aliphatic heterocycles. The van der Waals surface area contributed by atoms with Crippen molar-refractivity contribution < 1.29 is 23.8 Å². The Kier molecular flexibility index (Phi) is 4.60. The van der Waals surface area contributed by atoms with Crippen LogP contribution in [0.1, 0.15) is 23.7 Å². The zero-order chi connectivity index (χ0) is 18.0. The molecule has 1 saturated heterocycles. The highest BCUT2D eigenvalue weighted by molar-refractivity contribution is 6.01. The van der Waals surface area contributed by atoms with Crippen LogP contribution in [0.2, 0.25) is 0 Å². The number of alkyl carbamates (subject to hydrolysis) is 1. The molecule has 2 aromatic rings. The average Bonchev–Trinajstić information content (AvgIpc) is 2.91. The summed E-state index contributed by atoms with van der Waals surface area (Å²) in [4.78, 5) is 27.0. The number of rotatable bonds is 6. The van der Waals surface area contributed by atoms with E-state index in [4.69, 9.17) is 19.9 Å². The van der Waals surface area contributed by atoms with E-state index in [1.165, 1.54) is 7.11 Å². The molecule has 25 heavy (non-hydrogen) atoms. The Hall–Kier alpha value is -3.03. The molecule has 2 heterocycles. The Morgan fingerprint density at radius 2 is 2.24 bits per heavy atom. The number of methoxy groups -OCH3 is 1. The van der Waals surface area contributed by atoms with Gasteiger partial charge in [0.2, 0.25) is 5.88 Å². The van der Waals surface area contributed by atoms with Crippen LogP contribution in [0, 0.1) is 0 Å². The molecule has 0 bridgehead atoms. The van der Waals surface area contributed by atoms with E-state index in [2.05, 4.69) is 10.3 Å². The second-order valence-corrected chi connectivity index (χ2v) is 5.75. The number of hydrogen-bond donors (Lipinski definition) is 2. The first-order valence-electron chi connectivity index (χ1n) is 7.86. The van der Waals surface area contributed by atoms with Gasteiger partial charge in [-0.05, 0) is 30.5 Å². The molecule has 2 amide bonds. The molecule has 8 heteroatoms. The molecule has 3 rings (SSSR count). The normalized spacial score (nSPS) is 19.4. The number of primary amides is 1. The first-order chi connectivity index (χ1) is 12.0. The summed E-state index contributed by atoms with van der Waals surface area (Å²) in [6.07, 6.45) is 1.57. The van der Waals surface area contributed by atoms with E-state index in [-0.39, 0.29) is 12.1 Å². The first-order valence-corrected chi connectivity index (χ1v) is 7.86. The van der Waals surface area contributed by atoms with E-state index in [0.717, 1.165) is 5.39 Å². The molecule has 1 fully saturated rings. The second kappa shape index (κ2) is 6.84. The van der Waals surface area contributed by atoms with Gasteiger partial charge in [0.15, 0.2) is 0 Å². The number of benzene rings is 1. The van der Waals surface area contributed by atoms with Crippen LogP contribution in [-0.4, -0.2) is 42.8 Å². The zero-order valence-electron chi connectivity index (χ0n) is 13.9. The van der Waals surface area contributed by atoms with Gasteiger partial charge >= 0.3 is 6.09 Å². The fraction of sp³-hybridized carbons (Fsp3) is 0.353. The minimum absolute atomic E-state index is 0.0986. The fourth-order valence-electron chi connectivity index (χ4n) is 2.79. The molecule has 8 nitrogen and oxygen atoms in total. The summed E-state index contributed by atoms with van der Waals surface area (Å²) in [5.41, 5.74) is 5.68. The number of carbonyl (C=O) groups excluding carboxylic acids is 2.